The first-order valence-electron chi connectivity index (χ1n) is 11.6. The average Bonchev–Trinajstić information content (AvgIpc) is 3.03. The number of nitrogens with one attached hydrogen (secondary N) is 1. The molecule has 2 aromatic carbocycles. The SMILES string of the molecule is COC(CC1(CCNc2ccccc2)C(=O)N(COCC[Si](C)(C)C)c2ccccc21)OC. The van der Waals surface area contributed by atoms with Gasteiger partial charge in [-0.05, 0) is 36.2 Å². The molecule has 1 atom stereocenters. The summed E-state index contributed by atoms with van der Waals surface area (Å²) in [4.78, 5) is 15.8. The smallest absolute Gasteiger partial charge is 0.239 e. The molecule has 1 N–H and O–H groups in total. The van der Waals surface area contributed by atoms with Crippen LogP contribution >= 0.6 is 0 Å². The van der Waals surface area contributed by atoms with Crippen LogP contribution in [0.3, 0.4) is 0 Å². The van der Waals surface area contributed by atoms with Crippen molar-refractivity contribution >= 4 is 25.4 Å². The third kappa shape index (κ3) is 6.23. The van der Waals surface area contributed by atoms with Gasteiger partial charge in [0.05, 0.1) is 11.1 Å². The molecule has 0 spiro atoms. The fraction of sp³-hybridized carbons (Fsp3) is 0.500. The molecule has 0 saturated heterocycles. The minimum Gasteiger partial charge on any atom is -0.385 e. The van der Waals surface area contributed by atoms with Gasteiger partial charge in [0.2, 0.25) is 5.91 Å². The molecule has 0 aromatic heterocycles. The summed E-state index contributed by atoms with van der Waals surface area (Å²) in [6.45, 7) is 8.56. The van der Waals surface area contributed by atoms with Crippen LogP contribution in [0.15, 0.2) is 54.6 Å². The number of carbonyl (C=O) groups excluding carboxylic acids is 1. The zero-order valence-electron chi connectivity index (χ0n) is 20.6. The number of nitrogens with zero attached hydrogens (tertiary/aromatic N) is 1. The van der Waals surface area contributed by atoms with Crippen LogP contribution in [-0.2, 0) is 24.4 Å². The van der Waals surface area contributed by atoms with E-state index < -0.39 is 19.8 Å². The topological polar surface area (TPSA) is 60.0 Å². The Balaban J connectivity index is 1.84. The van der Waals surface area contributed by atoms with Gasteiger partial charge in [-0.2, -0.15) is 0 Å². The lowest BCUT2D eigenvalue weighted by Crippen LogP contribution is -2.45. The predicted octanol–water partition coefficient (Wildman–Crippen LogP) is 5.09. The first-order valence-corrected chi connectivity index (χ1v) is 15.4. The van der Waals surface area contributed by atoms with E-state index in [1.165, 1.54) is 0 Å². The van der Waals surface area contributed by atoms with Gasteiger partial charge in [-0.1, -0.05) is 56.0 Å². The molecule has 33 heavy (non-hydrogen) atoms. The number of amides is 1. The van der Waals surface area contributed by atoms with Crippen molar-refractivity contribution in [2.75, 3.05) is 44.3 Å². The molecular formula is C26H38N2O4Si. The standard InChI is InChI=1S/C26H38N2O4Si/c1-30-24(31-2)19-26(15-16-27-21-11-7-6-8-12-21)22-13-9-10-14-23(22)28(25(26)29)20-32-17-18-33(3,4)5/h6-14,24,27H,15-20H2,1-5H3. The van der Waals surface area contributed by atoms with E-state index in [-0.39, 0.29) is 12.6 Å². The lowest BCUT2D eigenvalue weighted by Gasteiger charge is -2.32. The lowest BCUT2D eigenvalue weighted by atomic mass is 9.75. The van der Waals surface area contributed by atoms with Crippen molar-refractivity contribution in [3.63, 3.8) is 0 Å². The van der Waals surface area contributed by atoms with Crippen LogP contribution in [-0.4, -0.2) is 54.4 Å². The summed E-state index contributed by atoms with van der Waals surface area (Å²) in [6, 6.07) is 19.2. The Bertz CT molecular complexity index is 899. The van der Waals surface area contributed by atoms with Crippen molar-refractivity contribution in [1.82, 2.24) is 0 Å². The van der Waals surface area contributed by atoms with Gasteiger partial charge in [0.1, 0.15) is 6.73 Å². The van der Waals surface area contributed by atoms with Gasteiger partial charge in [-0.3, -0.25) is 9.69 Å². The van der Waals surface area contributed by atoms with Crippen LogP contribution in [0, 0.1) is 0 Å². The second-order valence-electron chi connectivity index (χ2n) is 9.83. The molecule has 6 nitrogen and oxygen atoms in total. The quantitative estimate of drug-likeness (QED) is 0.251. The zero-order chi connectivity index (χ0) is 23.9. The highest BCUT2D eigenvalue weighted by molar-refractivity contribution is 6.76. The third-order valence-electron chi connectivity index (χ3n) is 6.28. The van der Waals surface area contributed by atoms with E-state index in [0.717, 1.165) is 23.0 Å². The monoisotopic (exact) mass is 470 g/mol. The third-order valence-corrected chi connectivity index (χ3v) is 7.98. The molecule has 1 unspecified atom stereocenters. The normalized spacial score (nSPS) is 18.1. The van der Waals surface area contributed by atoms with E-state index in [1.54, 1.807) is 19.1 Å². The number of hydrogen-bond donors (Lipinski definition) is 1. The van der Waals surface area contributed by atoms with Gasteiger partial charge < -0.3 is 19.5 Å². The van der Waals surface area contributed by atoms with Crippen LogP contribution in [0.2, 0.25) is 25.7 Å². The zero-order valence-corrected chi connectivity index (χ0v) is 21.6. The van der Waals surface area contributed by atoms with Gasteiger partial charge in [-0.25, -0.2) is 0 Å². The van der Waals surface area contributed by atoms with Crippen molar-refractivity contribution in [2.24, 2.45) is 0 Å². The van der Waals surface area contributed by atoms with E-state index in [2.05, 4.69) is 31.0 Å². The van der Waals surface area contributed by atoms with Crippen molar-refractivity contribution < 1.29 is 19.0 Å². The molecule has 1 aliphatic heterocycles. The summed E-state index contributed by atoms with van der Waals surface area (Å²) in [6.07, 6.45) is 0.580. The summed E-state index contributed by atoms with van der Waals surface area (Å²) >= 11 is 0. The first kappa shape index (κ1) is 25.4. The summed E-state index contributed by atoms with van der Waals surface area (Å²) in [5.41, 5.74) is 2.21. The minimum atomic E-state index is -1.20. The maximum absolute atomic E-state index is 14.0. The molecule has 3 rings (SSSR count). The van der Waals surface area contributed by atoms with Crippen molar-refractivity contribution in [1.29, 1.82) is 0 Å². The molecule has 0 fully saturated rings. The maximum Gasteiger partial charge on any atom is 0.239 e. The largest absolute Gasteiger partial charge is 0.385 e. The van der Waals surface area contributed by atoms with Gasteiger partial charge in [0.25, 0.3) is 0 Å². The Hall–Kier alpha value is -2.19. The van der Waals surface area contributed by atoms with E-state index in [0.29, 0.717) is 26.0 Å². The Morgan fingerprint density at radius 3 is 2.33 bits per heavy atom. The molecule has 1 amide bonds. The molecule has 7 heteroatoms. The van der Waals surface area contributed by atoms with Gasteiger partial charge in [0, 0.05) is 47.6 Å². The number of carbonyl (C=O) groups is 1. The molecule has 0 saturated carbocycles. The molecule has 0 bridgehead atoms. The number of rotatable bonds is 13. The summed E-state index contributed by atoms with van der Waals surface area (Å²) in [7, 11) is 2.03. The molecule has 0 radical (unpaired) electrons. The van der Waals surface area contributed by atoms with Crippen LogP contribution in [0.1, 0.15) is 18.4 Å². The fourth-order valence-corrected chi connectivity index (χ4v) is 5.08. The Labute approximate surface area is 199 Å². The van der Waals surface area contributed by atoms with Gasteiger partial charge in [0.15, 0.2) is 6.29 Å². The second kappa shape index (κ2) is 11.3. The Morgan fingerprint density at radius 1 is 1.00 bits per heavy atom. The van der Waals surface area contributed by atoms with E-state index in [1.807, 2.05) is 48.5 Å². The van der Waals surface area contributed by atoms with Crippen LogP contribution in [0.4, 0.5) is 11.4 Å². The molecule has 1 aliphatic rings. The number of benzene rings is 2. The van der Waals surface area contributed by atoms with Crippen molar-refractivity contribution in [3.8, 4) is 0 Å². The second-order valence-corrected chi connectivity index (χ2v) is 15.4. The lowest BCUT2D eigenvalue weighted by molar-refractivity contribution is -0.138. The van der Waals surface area contributed by atoms with E-state index >= 15 is 0 Å². The molecule has 2 aromatic rings. The van der Waals surface area contributed by atoms with Gasteiger partial charge >= 0.3 is 0 Å². The highest BCUT2D eigenvalue weighted by Gasteiger charge is 2.51. The fourth-order valence-electron chi connectivity index (χ4n) is 4.32. The highest BCUT2D eigenvalue weighted by Crippen LogP contribution is 2.47. The average molecular weight is 471 g/mol. The number of methoxy groups -OCH3 is 2. The molecule has 180 valence electrons. The van der Waals surface area contributed by atoms with Crippen LogP contribution in [0.25, 0.3) is 0 Å². The van der Waals surface area contributed by atoms with E-state index in [9.17, 15) is 4.79 Å². The predicted molar refractivity (Wildman–Crippen MR) is 137 cm³/mol. The number of hydrogen-bond acceptors (Lipinski definition) is 5. The maximum atomic E-state index is 14.0. The summed E-state index contributed by atoms with van der Waals surface area (Å²) in [5, 5.41) is 3.46. The first-order chi connectivity index (χ1) is 15.8. The van der Waals surface area contributed by atoms with Gasteiger partial charge in [-0.15, -0.1) is 0 Å². The Kier molecular flexibility index (Phi) is 8.70. The van der Waals surface area contributed by atoms with Crippen molar-refractivity contribution in [3.05, 3.63) is 60.2 Å². The summed E-state index contributed by atoms with van der Waals surface area (Å²) in [5.74, 6) is 0.0469. The summed E-state index contributed by atoms with van der Waals surface area (Å²) < 4.78 is 17.1. The highest BCUT2D eigenvalue weighted by atomic mass is 28.3. The number of ether oxygens (including phenoxy) is 3. The number of anilines is 2. The van der Waals surface area contributed by atoms with Crippen LogP contribution < -0.4 is 10.2 Å². The molecule has 1 heterocycles. The van der Waals surface area contributed by atoms with Crippen LogP contribution in [0.5, 0.6) is 0 Å². The Morgan fingerprint density at radius 2 is 1.67 bits per heavy atom. The molecular weight excluding hydrogens is 432 g/mol. The number of para-hydroxylation sites is 2. The van der Waals surface area contributed by atoms with Crippen molar-refractivity contribution in [2.45, 2.75) is 50.2 Å². The minimum absolute atomic E-state index is 0.0469. The molecule has 0 aliphatic carbocycles. The van der Waals surface area contributed by atoms with E-state index in [4.69, 9.17) is 14.2 Å². The number of fused-ring (bicyclic) bond motifs is 1.